The second-order valence-corrected chi connectivity index (χ2v) is 13.0. The zero-order chi connectivity index (χ0) is 24.5. The Balaban J connectivity index is 2.48. The number of halogens is 1. The highest BCUT2D eigenvalue weighted by molar-refractivity contribution is 6.48. The molecular weight excluding hydrogens is 433 g/mol. The van der Waals surface area contributed by atoms with Gasteiger partial charge in [-0.25, -0.2) is 9.18 Å². The molecule has 1 atom stereocenters. The van der Waals surface area contributed by atoms with Crippen molar-refractivity contribution in [2.75, 3.05) is 6.61 Å². The van der Waals surface area contributed by atoms with Crippen molar-refractivity contribution in [1.29, 1.82) is 0 Å². The van der Waals surface area contributed by atoms with Crippen LogP contribution in [-0.4, -0.2) is 26.6 Å². The van der Waals surface area contributed by atoms with Crippen LogP contribution in [0.15, 0.2) is 24.3 Å². The number of pyridine rings is 1. The molecule has 1 aromatic carbocycles. The van der Waals surface area contributed by atoms with Crippen molar-refractivity contribution in [2.24, 2.45) is 5.41 Å². The first-order valence-electron chi connectivity index (χ1n) is 12.1. The van der Waals surface area contributed by atoms with Crippen LogP contribution in [0.4, 0.5) is 4.39 Å². The number of hydrogen-bond acceptors (Lipinski definition) is 4. The molecule has 1 fully saturated rings. The van der Waals surface area contributed by atoms with Crippen molar-refractivity contribution >= 4 is 15.0 Å². The molecule has 0 amide bonds. The molecule has 3 rings (SSSR count). The van der Waals surface area contributed by atoms with Crippen molar-refractivity contribution < 1.29 is 18.3 Å². The van der Waals surface area contributed by atoms with Crippen LogP contribution < -0.4 is 0 Å². The normalized spacial score (nSPS) is 15.2. The summed E-state index contributed by atoms with van der Waals surface area (Å²) < 4.78 is 26.1. The molecular formula is C27H38FNO3Si. The van der Waals surface area contributed by atoms with Crippen LogP contribution in [0.3, 0.4) is 0 Å². The zero-order valence-electron chi connectivity index (χ0n) is 21.3. The van der Waals surface area contributed by atoms with E-state index in [1.54, 1.807) is 12.1 Å². The highest BCUT2D eigenvalue weighted by Gasteiger charge is 2.40. The fourth-order valence-electron chi connectivity index (χ4n) is 4.29. The lowest BCUT2D eigenvalue weighted by molar-refractivity contribution is 0.0523. The number of aromatic nitrogens is 1. The molecule has 1 unspecified atom stereocenters. The van der Waals surface area contributed by atoms with E-state index in [4.69, 9.17) is 14.1 Å². The van der Waals surface area contributed by atoms with Crippen molar-refractivity contribution in [3.05, 3.63) is 52.6 Å². The maximum atomic E-state index is 13.9. The number of hydrogen-bond donors (Lipinski definition) is 0. The molecule has 4 nitrogen and oxygen atoms in total. The Labute approximate surface area is 199 Å². The standard InChI is InChI=1S/C27H38FNO3Si/c1-9-31-26(30)22-20(17-12-14-19(28)15-13-17)21(25(27(4,5)6)32-33(7)8)24(18-10-11-18)29-23(22)16(2)3/h12-16,18,25,33H,9-11H2,1-8H3. The van der Waals surface area contributed by atoms with Crippen LogP contribution in [0.1, 0.15) is 99.6 Å². The zero-order valence-corrected chi connectivity index (χ0v) is 22.4. The van der Waals surface area contributed by atoms with Crippen LogP contribution >= 0.6 is 0 Å². The third kappa shape index (κ3) is 5.72. The monoisotopic (exact) mass is 471 g/mol. The number of carbonyl (C=O) groups excluding carboxylic acids is 1. The van der Waals surface area contributed by atoms with E-state index in [9.17, 15) is 9.18 Å². The Morgan fingerprint density at radius 2 is 1.79 bits per heavy atom. The van der Waals surface area contributed by atoms with E-state index in [1.807, 2.05) is 6.92 Å². The van der Waals surface area contributed by atoms with Gasteiger partial charge in [0, 0.05) is 17.0 Å². The van der Waals surface area contributed by atoms with Crippen LogP contribution in [0.2, 0.25) is 13.1 Å². The highest BCUT2D eigenvalue weighted by atomic mass is 28.3. The van der Waals surface area contributed by atoms with Crippen LogP contribution in [0.5, 0.6) is 0 Å². The van der Waals surface area contributed by atoms with Crippen molar-refractivity contribution in [3.63, 3.8) is 0 Å². The minimum absolute atomic E-state index is 0.0311. The molecule has 33 heavy (non-hydrogen) atoms. The lowest BCUT2D eigenvalue weighted by Crippen LogP contribution is -2.29. The molecule has 0 radical (unpaired) electrons. The van der Waals surface area contributed by atoms with Gasteiger partial charge >= 0.3 is 5.97 Å². The number of ether oxygens (including phenoxy) is 1. The molecule has 0 aliphatic heterocycles. The smallest absolute Gasteiger partial charge is 0.340 e. The number of carbonyl (C=O) groups is 1. The first kappa shape index (κ1) is 25.6. The third-order valence-corrected chi connectivity index (χ3v) is 6.69. The van der Waals surface area contributed by atoms with Gasteiger partial charge in [0.1, 0.15) is 5.82 Å². The van der Waals surface area contributed by atoms with Gasteiger partial charge in [0.2, 0.25) is 0 Å². The van der Waals surface area contributed by atoms with Gasteiger partial charge in [0.15, 0.2) is 9.04 Å². The van der Waals surface area contributed by atoms with Gasteiger partial charge in [-0.15, -0.1) is 0 Å². The second-order valence-electron chi connectivity index (χ2n) is 10.6. The molecule has 6 heteroatoms. The second kappa shape index (κ2) is 10.1. The van der Waals surface area contributed by atoms with Gasteiger partial charge in [-0.05, 0) is 61.9 Å². The average molecular weight is 472 g/mol. The number of esters is 1. The molecule has 180 valence electrons. The van der Waals surface area contributed by atoms with Gasteiger partial charge in [-0.2, -0.15) is 0 Å². The molecule has 1 saturated carbocycles. The Kier molecular flexibility index (Phi) is 7.79. The summed E-state index contributed by atoms with van der Waals surface area (Å²) in [5, 5.41) is 0. The van der Waals surface area contributed by atoms with E-state index in [0.29, 0.717) is 11.5 Å². The van der Waals surface area contributed by atoms with Crippen LogP contribution in [0, 0.1) is 11.2 Å². The van der Waals surface area contributed by atoms with Crippen LogP contribution in [0.25, 0.3) is 11.1 Å². The minimum atomic E-state index is -1.44. The Morgan fingerprint density at radius 1 is 1.18 bits per heavy atom. The SMILES string of the molecule is CCOC(=O)c1c(C(C)C)nc(C2CC2)c(C(O[SiH](C)C)C(C)(C)C)c1-c1ccc(F)cc1. The van der Waals surface area contributed by atoms with Gasteiger partial charge in [0.05, 0.1) is 29.7 Å². The van der Waals surface area contributed by atoms with E-state index in [0.717, 1.165) is 40.9 Å². The summed E-state index contributed by atoms with van der Waals surface area (Å²) in [6.07, 6.45) is 1.92. The maximum Gasteiger partial charge on any atom is 0.340 e. The molecule has 0 N–H and O–H groups in total. The summed E-state index contributed by atoms with van der Waals surface area (Å²) in [5.41, 5.74) is 4.61. The van der Waals surface area contributed by atoms with E-state index in [1.165, 1.54) is 12.1 Å². The van der Waals surface area contributed by atoms with E-state index < -0.39 is 9.04 Å². The Hall–Kier alpha value is -2.05. The maximum absolute atomic E-state index is 13.9. The third-order valence-electron chi connectivity index (χ3n) is 5.87. The highest BCUT2D eigenvalue weighted by Crippen LogP contribution is 2.51. The van der Waals surface area contributed by atoms with Gasteiger partial charge < -0.3 is 9.16 Å². The van der Waals surface area contributed by atoms with Crippen molar-refractivity contribution in [1.82, 2.24) is 4.98 Å². The summed E-state index contributed by atoms with van der Waals surface area (Å²) in [6, 6.07) is 6.41. The quantitative estimate of drug-likeness (QED) is 0.303. The molecule has 2 aromatic rings. The topological polar surface area (TPSA) is 48.4 Å². The summed E-state index contributed by atoms with van der Waals surface area (Å²) in [6.45, 7) is 17.0. The molecule has 1 heterocycles. The van der Waals surface area contributed by atoms with Crippen molar-refractivity contribution in [2.45, 2.75) is 85.4 Å². The lowest BCUT2D eigenvalue weighted by Gasteiger charge is -2.36. The molecule has 1 aromatic heterocycles. The summed E-state index contributed by atoms with van der Waals surface area (Å²) in [4.78, 5) is 18.5. The largest absolute Gasteiger partial charge is 0.462 e. The molecule has 0 spiro atoms. The fourth-order valence-corrected chi connectivity index (χ4v) is 5.38. The van der Waals surface area contributed by atoms with E-state index >= 15 is 0 Å². The van der Waals surface area contributed by atoms with Gasteiger partial charge in [-0.1, -0.05) is 46.8 Å². The Bertz CT molecular complexity index is 992. The number of rotatable bonds is 8. The Morgan fingerprint density at radius 3 is 2.24 bits per heavy atom. The fraction of sp³-hybridized carbons (Fsp3) is 0.556. The van der Waals surface area contributed by atoms with E-state index in [-0.39, 0.29) is 35.8 Å². The number of benzene rings is 1. The molecule has 1 aliphatic rings. The molecule has 0 bridgehead atoms. The van der Waals surface area contributed by atoms with Crippen molar-refractivity contribution in [3.8, 4) is 11.1 Å². The lowest BCUT2D eigenvalue weighted by atomic mass is 9.78. The molecule has 1 aliphatic carbocycles. The van der Waals surface area contributed by atoms with E-state index in [2.05, 4.69) is 47.7 Å². The number of nitrogens with zero attached hydrogens (tertiary/aromatic N) is 1. The molecule has 0 saturated heterocycles. The average Bonchev–Trinajstić information content (AvgIpc) is 3.55. The first-order valence-corrected chi connectivity index (χ1v) is 14.9. The van der Waals surface area contributed by atoms with Gasteiger partial charge in [-0.3, -0.25) is 4.98 Å². The predicted octanol–water partition coefficient (Wildman–Crippen LogP) is 7.15. The summed E-state index contributed by atoms with van der Waals surface area (Å²) >= 11 is 0. The predicted molar refractivity (Wildman–Crippen MR) is 134 cm³/mol. The minimum Gasteiger partial charge on any atom is -0.462 e. The summed E-state index contributed by atoms with van der Waals surface area (Å²) in [7, 11) is -1.44. The first-order chi connectivity index (χ1) is 15.5. The van der Waals surface area contributed by atoms with Gasteiger partial charge in [0.25, 0.3) is 0 Å². The van der Waals surface area contributed by atoms with Crippen LogP contribution in [-0.2, 0) is 9.16 Å². The summed E-state index contributed by atoms with van der Waals surface area (Å²) in [5.74, 6) is -0.304.